The second-order valence-corrected chi connectivity index (χ2v) is 4.91. The molecule has 3 heteroatoms. The molecule has 2 heterocycles. The maximum absolute atomic E-state index is 5.81. The van der Waals surface area contributed by atoms with Crippen LogP contribution in [0.25, 0.3) is 0 Å². The number of nitrogens with zero attached hydrogens (tertiary/aromatic N) is 2. The van der Waals surface area contributed by atoms with E-state index in [1.165, 1.54) is 0 Å². The van der Waals surface area contributed by atoms with Gasteiger partial charge in [0.1, 0.15) is 5.75 Å². The van der Waals surface area contributed by atoms with Crippen LogP contribution in [-0.2, 0) is 0 Å². The minimum Gasteiger partial charge on any atom is -0.492 e. The van der Waals surface area contributed by atoms with Crippen molar-refractivity contribution in [3.8, 4) is 5.75 Å². The summed E-state index contributed by atoms with van der Waals surface area (Å²) in [6.45, 7) is 1.62. The van der Waals surface area contributed by atoms with Crippen molar-refractivity contribution in [2.24, 2.45) is 11.0 Å². The highest BCUT2D eigenvalue weighted by Crippen LogP contribution is 2.33. The number of fused-ring (bicyclic) bond motifs is 3. The molecule has 0 aliphatic carbocycles. The number of rotatable bonds is 1. The van der Waals surface area contributed by atoms with Crippen LogP contribution in [0.1, 0.15) is 5.56 Å². The number of hydrazone groups is 1. The molecule has 2 aromatic rings. The fraction of sp³-hybridized carbons (Fsp3) is 0.188. The van der Waals surface area contributed by atoms with Gasteiger partial charge in [-0.15, -0.1) is 0 Å². The van der Waals surface area contributed by atoms with E-state index in [0.29, 0.717) is 5.92 Å². The van der Waals surface area contributed by atoms with E-state index in [1.54, 1.807) is 0 Å². The molecule has 1 atom stereocenters. The van der Waals surface area contributed by atoms with Gasteiger partial charge in [-0.3, -0.25) is 5.01 Å². The van der Waals surface area contributed by atoms with E-state index >= 15 is 0 Å². The highest BCUT2D eigenvalue weighted by molar-refractivity contribution is 6.07. The lowest BCUT2D eigenvalue weighted by Gasteiger charge is -2.22. The number of hydrogen-bond donors (Lipinski definition) is 0. The second-order valence-electron chi connectivity index (χ2n) is 4.91. The van der Waals surface area contributed by atoms with Crippen LogP contribution >= 0.6 is 0 Å². The average molecular weight is 250 g/mol. The molecule has 0 saturated heterocycles. The number of anilines is 1. The molecular formula is C16H14N2O. The van der Waals surface area contributed by atoms with Crippen molar-refractivity contribution in [1.29, 1.82) is 0 Å². The highest BCUT2D eigenvalue weighted by Gasteiger charge is 2.33. The largest absolute Gasteiger partial charge is 0.492 e. The Hall–Kier alpha value is -2.29. The number of ether oxygens (including phenoxy) is 1. The molecule has 2 aliphatic heterocycles. The van der Waals surface area contributed by atoms with Gasteiger partial charge >= 0.3 is 0 Å². The van der Waals surface area contributed by atoms with Gasteiger partial charge in [0.25, 0.3) is 0 Å². The van der Waals surface area contributed by atoms with Gasteiger partial charge < -0.3 is 4.74 Å². The van der Waals surface area contributed by atoms with Crippen LogP contribution < -0.4 is 9.75 Å². The van der Waals surface area contributed by atoms with Crippen molar-refractivity contribution in [3.05, 3.63) is 60.2 Å². The van der Waals surface area contributed by atoms with Crippen LogP contribution in [0.15, 0.2) is 59.7 Å². The lowest BCUT2D eigenvalue weighted by atomic mass is 9.95. The van der Waals surface area contributed by atoms with Crippen molar-refractivity contribution < 1.29 is 4.74 Å². The van der Waals surface area contributed by atoms with Gasteiger partial charge in [0, 0.05) is 5.56 Å². The van der Waals surface area contributed by atoms with E-state index in [4.69, 9.17) is 9.84 Å². The van der Waals surface area contributed by atoms with Crippen molar-refractivity contribution in [2.45, 2.75) is 0 Å². The van der Waals surface area contributed by atoms with Crippen molar-refractivity contribution in [2.75, 3.05) is 18.2 Å². The van der Waals surface area contributed by atoms with Gasteiger partial charge in [-0.05, 0) is 24.3 Å². The Morgan fingerprint density at radius 1 is 1.00 bits per heavy atom. The zero-order valence-electron chi connectivity index (χ0n) is 10.5. The molecule has 2 aliphatic rings. The molecule has 0 bridgehead atoms. The first-order valence-electron chi connectivity index (χ1n) is 6.55. The van der Waals surface area contributed by atoms with Crippen LogP contribution in [-0.4, -0.2) is 18.9 Å². The summed E-state index contributed by atoms with van der Waals surface area (Å²) in [5.41, 5.74) is 3.43. The van der Waals surface area contributed by atoms with Crippen molar-refractivity contribution in [1.82, 2.24) is 0 Å². The summed E-state index contributed by atoms with van der Waals surface area (Å²) in [7, 11) is 0. The van der Waals surface area contributed by atoms with Gasteiger partial charge in [-0.1, -0.05) is 30.3 Å². The van der Waals surface area contributed by atoms with E-state index in [0.717, 1.165) is 35.9 Å². The molecule has 0 fully saturated rings. The molecule has 0 N–H and O–H groups in total. The van der Waals surface area contributed by atoms with Crippen molar-refractivity contribution >= 4 is 11.4 Å². The third-order valence-corrected chi connectivity index (χ3v) is 3.67. The summed E-state index contributed by atoms with van der Waals surface area (Å²) in [4.78, 5) is 0. The minimum absolute atomic E-state index is 0.370. The Morgan fingerprint density at radius 2 is 1.79 bits per heavy atom. The molecular weight excluding hydrogens is 236 g/mol. The van der Waals surface area contributed by atoms with E-state index < -0.39 is 0 Å². The summed E-state index contributed by atoms with van der Waals surface area (Å²) in [6, 6.07) is 18.4. The fourth-order valence-electron chi connectivity index (χ4n) is 2.71. The second kappa shape index (κ2) is 4.12. The minimum atomic E-state index is 0.370. The third-order valence-electron chi connectivity index (χ3n) is 3.67. The molecule has 0 radical (unpaired) electrons. The third kappa shape index (κ3) is 1.70. The van der Waals surface area contributed by atoms with Crippen molar-refractivity contribution in [3.63, 3.8) is 0 Å². The average Bonchev–Trinajstić information content (AvgIpc) is 2.93. The molecule has 94 valence electrons. The predicted octanol–water partition coefficient (Wildman–Crippen LogP) is 2.92. The van der Waals surface area contributed by atoms with E-state index in [1.807, 2.05) is 36.4 Å². The van der Waals surface area contributed by atoms with Crippen LogP contribution in [0, 0.1) is 5.92 Å². The van der Waals surface area contributed by atoms with E-state index in [9.17, 15) is 0 Å². The SMILES string of the molecule is c1ccc(N2C[C@H]3COc4ccccc4C3=N2)cc1. The normalized spacial score (nSPS) is 20.3. The Bertz CT molecular complexity index is 636. The Balaban J connectivity index is 1.75. The molecule has 0 saturated carbocycles. The van der Waals surface area contributed by atoms with Gasteiger partial charge in [-0.2, -0.15) is 5.10 Å². The van der Waals surface area contributed by atoms with Crippen LogP contribution in [0.2, 0.25) is 0 Å². The summed E-state index contributed by atoms with van der Waals surface area (Å²) in [5.74, 6) is 1.32. The van der Waals surface area contributed by atoms with Crippen LogP contribution in [0.3, 0.4) is 0 Å². The smallest absolute Gasteiger partial charge is 0.128 e. The number of para-hydroxylation sites is 2. The Morgan fingerprint density at radius 3 is 2.68 bits per heavy atom. The number of benzene rings is 2. The van der Waals surface area contributed by atoms with E-state index in [2.05, 4.69) is 23.2 Å². The summed E-state index contributed by atoms with van der Waals surface area (Å²) >= 11 is 0. The van der Waals surface area contributed by atoms with Crippen LogP contribution in [0.4, 0.5) is 5.69 Å². The van der Waals surface area contributed by atoms with Gasteiger partial charge in [0.15, 0.2) is 0 Å². The molecule has 2 aromatic carbocycles. The maximum Gasteiger partial charge on any atom is 0.128 e. The predicted molar refractivity (Wildman–Crippen MR) is 75.8 cm³/mol. The van der Waals surface area contributed by atoms with Gasteiger partial charge in [-0.25, -0.2) is 0 Å². The standard InChI is InChI=1S/C16H14N2O/c1-2-6-13(7-3-1)18-10-12-11-19-15-9-5-4-8-14(15)16(12)17-18/h1-9,12H,10-11H2/t12-/m0/s1. The molecule has 0 spiro atoms. The fourth-order valence-corrected chi connectivity index (χ4v) is 2.71. The summed E-state index contributed by atoms with van der Waals surface area (Å²) < 4.78 is 5.81. The first-order chi connectivity index (χ1) is 9.42. The summed E-state index contributed by atoms with van der Waals surface area (Å²) in [5, 5.41) is 6.87. The zero-order valence-corrected chi connectivity index (χ0v) is 10.5. The van der Waals surface area contributed by atoms with Gasteiger partial charge in [0.2, 0.25) is 0 Å². The van der Waals surface area contributed by atoms with E-state index in [-0.39, 0.29) is 0 Å². The molecule has 0 aromatic heterocycles. The quantitative estimate of drug-likeness (QED) is 0.777. The topological polar surface area (TPSA) is 24.8 Å². The molecule has 0 unspecified atom stereocenters. The first-order valence-corrected chi connectivity index (χ1v) is 6.55. The van der Waals surface area contributed by atoms with Gasteiger partial charge in [0.05, 0.1) is 30.5 Å². The lowest BCUT2D eigenvalue weighted by molar-refractivity contribution is 0.280. The molecule has 3 nitrogen and oxygen atoms in total. The molecule has 19 heavy (non-hydrogen) atoms. The molecule has 4 rings (SSSR count). The van der Waals surface area contributed by atoms with Crippen LogP contribution in [0.5, 0.6) is 5.75 Å². The monoisotopic (exact) mass is 250 g/mol. The highest BCUT2D eigenvalue weighted by atomic mass is 16.5. The Kier molecular flexibility index (Phi) is 2.30. The summed E-state index contributed by atoms with van der Waals surface area (Å²) in [6.07, 6.45) is 0. The molecule has 0 amide bonds. The first kappa shape index (κ1) is 10.6. The zero-order chi connectivity index (χ0) is 12.7. The maximum atomic E-state index is 5.81. The Labute approximate surface area is 112 Å². The lowest BCUT2D eigenvalue weighted by Crippen LogP contribution is -2.29. The number of hydrogen-bond acceptors (Lipinski definition) is 3.